The maximum atomic E-state index is 12.3. The Morgan fingerprint density at radius 1 is 1.40 bits per heavy atom. The Bertz CT molecular complexity index is 726. The molecule has 20 heavy (non-hydrogen) atoms. The predicted molar refractivity (Wildman–Crippen MR) is 77.6 cm³/mol. The quantitative estimate of drug-likeness (QED) is 0.921. The minimum Gasteiger partial charge on any atom is -0.376 e. The number of rotatable bonds is 4. The summed E-state index contributed by atoms with van der Waals surface area (Å²) < 4.78 is 28.5. The Morgan fingerprint density at radius 2 is 2.10 bits per heavy atom. The first-order valence-electron chi connectivity index (χ1n) is 5.64. The predicted octanol–water partition coefficient (Wildman–Crippen LogP) is 1.34. The number of anilines is 2. The summed E-state index contributed by atoms with van der Waals surface area (Å²) in [6.07, 6.45) is 4.36. The summed E-state index contributed by atoms with van der Waals surface area (Å²) in [5.74, 6) is 0. The maximum Gasteiger partial charge on any atom is 0.282 e. The van der Waals surface area contributed by atoms with Gasteiger partial charge in [0, 0.05) is 27.3 Å². The van der Waals surface area contributed by atoms with Crippen molar-refractivity contribution in [2.45, 2.75) is 5.03 Å². The third kappa shape index (κ3) is 2.70. The number of aryl methyl sites for hydroxylation is 1. The fourth-order valence-corrected chi connectivity index (χ4v) is 3.12. The molecule has 0 aliphatic heterocycles. The van der Waals surface area contributed by atoms with E-state index in [2.05, 4.69) is 14.7 Å². The van der Waals surface area contributed by atoms with Crippen LogP contribution in [-0.4, -0.2) is 37.0 Å². The summed E-state index contributed by atoms with van der Waals surface area (Å²) in [4.78, 5) is 9.50. The molecule has 0 bridgehead atoms. The van der Waals surface area contributed by atoms with Crippen LogP contribution in [0.25, 0.3) is 0 Å². The van der Waals surface area contributed by atoms with E-state index >= 15 is 0 Å². The molecule has 2 aromatic rings. The number of hydrogen-bond donors (Lipinski definition) is 1. The highest BCUT2D eigenvalue weighted by Crippen LogP contribution is 2.27. The maximum absolute atomic E-state index is 12.3. The Labute approximate surface area is 122 Å². The number of nitrogens with one attached hydrogen (secondary N) is 1. The van der Waals surface area contributed by atoms with Crippen LogP contribution in [-0.2, 0) is 17.1 Å². The Kier molecular flexibility index (Phi) is 3.87. The minimum absolute atomic E-state index is 0.0489. The smallest absolute Gasteiger partial charge is 0.282 e. The van der Waals surface area contributed by atoms with Crippen molar-refractivity contribution < 1.29 is 8.42 Å². The molecule has 0 atom stereocenters. The van der Waals surface area contributed by atoms with Gasteiger partial charge in [0.25, 0.3) is 10.0 Å². The van der Waals surface area contributed by atoms with E-state index in [1.54, 1.807) is 38.3 Å². The largest absolute Gasteiger partial charge is 0.376 e. The third-order valence-electron chi connectivity index (χ3n) is 2.61. The van der Waals surface area contributed by atoms with Crippen LogP contribution in [0.5, 0.6) is 0 Å². The van der Waals surface area contributed by atoms with Gasteiger partial charge in [0.1, 0.15) is 5.15 Å². The lowest BCUT2D eigenvalue weighted by atomic mass is 10.3. The van der Waals surface area contributed by atoms with E-state index in [1.807, 2.05) is 0 Å². The molecule has 7 nitrogen and oxygen atoms in total. The number of halogens is 1. The van der Waals surface area contributed by atoms with Gasteiger partial charge in [0.15, 0.2) is 0 Å². The first kappa shape index (κ1) is 14.6. The van der Waals surface area contributed by atoms with Crippen molar-refractivity contribution in [3.8, 4) is 0 Å². The van der Waals surface area contributed by atoms with E-state index in [4.69, 9.17) is 11.6 Å². The molecular formula is C11H14ClN5O2S. The van der Waals surface area contributed by atoms with Gasteiger partial charge in [-0.15, -0.1) is 0 Å². The van der Waals surface area contributed by atoms with Gasteiger partial charge in [-0.3, -0.25) is 9.71 Å². The SMILES string of the molecule is CN(C)c1ccncc1NS(=O)(=O)c1ncn(C)c1Cl. The molecule has 2 aromatic heterocycles. The molecule has 0 spiro atoms. The lowest BCUT2D eigenvalue weighted by Crippen LogP contribution is -2.18. The second-order valence-electron chi connectivity index (χ2n) is 4.34. The number of nitrogens with zero attached hydrogens (tertiary/aromatic N) is 4. The summed E-state index contributed by atoms with van der Waals surface area (Å²) in [6, 6.07) is 1.71. The third-order valence-corrected chi connectivity index (χ3v) is 4.47. The molecule has 108 valence electrons. The van der Waals surface area contributed by atoms with Crippen molar-refractivity contribution >= 4 is 33.0 Å². The minimum atomic E-state index is -3.86. The number of hydrogen-bond acceptors (Lipinski definition) is 5. The summed E-state index contributed by atoms with van der Waals surface area (Å²) >= 11 is 5.92. The second-order valence-corrected chi connectivity index (χ2v) is 6.30. The normalized spacial score (nSPS) is 11.4. The van der Waals surface area contributed by atoms with Gasteiger partial charge < -0.3 is 9.47 Å². The molecule has 0 aliphatic carbocycles. The average Bonchev–Trinajstić information content (AvgIpc) is 2.70. The molecule has 0 saturated heterocycles. The van der Waals surface area contributed by atoms with E-state index in [0.29, 0.717) is 11.4 Å². The van der Waals surface area contributed by atoms with Crippen molar-refractivity contribution in [1.29, 1.82) is 0 Å². The van der Waals surface area contributed by atoms with Crippen molar-refractivity contribution in [3.05, 3.63) is 29.9 Å². The molecule has 1 N–H and O–H groups in total. The molecule has 0 unspecified atom stereocenters. The molecule has 0 saturated carbocycles. The van der Waals surface area contributed by atoms with E-state index in [1.165, 1.54) is 17.1 Å². The van der Waals surface area contributed by atoms with Crippen molar-refractivity contribution in [3.63, 3.8) is 0 Å². The Balaban J connectivity index is 2.42. The van der Waals surface area contributed by atoms with Crippen LogP contribution in [0.2, 0.25) is 5.15 Å². The number of aromatic nitrogens is 3. The van der Waals surface area contributed by atoms with Crippen LogP contribution < -0.4 is 9.62 Å². The Morgan fingerprint density at radius 3 is 2.65 bits per heavy atom. The molecule has 0 fully saturated rings. The lowest BCUT2D eigenvalue weighted by molar-refractivity contribution is 0.598. The number of sulfonamides is 1. The van der Waals surface area contributed by atoms with Crippen molar-refractivity contribution in [2.24, 2.45) is 7.05 Å². The molecular weight excluding hydrogens is 302 g/mol. The highest BCUT2D eigenvalue weighted by Gasteiger charge is 2.23. The van der Waals surface area contributed by atoms with Gasteiger partial charge in [-0.25, -0.2) is 4.98 Å². The van der Waals surface area contributed by atoms with E-state index in [9.17, 15) is 8.42 Å². The molecule has 0 amide bonds. The fourth-order valence-electron chi connectivity index (χ4n) is 1.62. The molecule has 2 rings (SSSR count). The molecule has 0 radical (unpaired) electrons. The summed E-state index contributed by atoms with van der Waals surface area (Å²) in [7, 11) is 1.37. The molecule has 0 aromatic carbocycles. The zero-order valence-electron chi connectivity index (χ0n) is 11.2. The highest BCUT2D eigenvalue weighted by molar-refractivity contribution is 7.92. The van der Waals surface area contributed by atoms with Crippen molar-refractivity contribution in [2.75, 3.05) is 23.7 Å². The van der Waals surface area contributed by atoms with E-state index < -0.39 is 10.0 Å². The summed E-state index contributed by atoms with van der Waals surface area (Å²) in [5.41, 5.74) is 1.05. The Hall–Kier alpha value is -1.80. The van der Waals surface area contributed by atoms with Crippen LogP contribution >= 0.6 is 11.6 Å². The van der Waals surface area contributed by atoms with Crippen LogP contribution in [0.1, 0.15) is 0 Å². The van der Waals surface area contributed by atoms with Crippen LogP contribution in [0.4, 0.5) is 11.4 Å². The number of pyridine rings is 1. The molecule has 0 aliphatic rings. The average molecular weight is 316 g/mol. The topological polar surface area (TPSA) is 80.1 Å². The van der Waals surface area contributed by atoms with Gasteiger partial charge in [-0.1, -0.05) is 11.6 Å². The zero-order valence-corrected chi connectivity index (χ0v) is 12.8. The van der Waals surface area contributed by atoms with Crippen LogP contribution in [0.15, 0.2) is 29.8 Å². The fraction of sp³-hybridized carbons (Fsp3) is 0.273. The van der Waals surface area contributed by atoms with Gasteiger partial charge in [0.2, 0.25) is 5.03 Å². The van der Waals surface area contributed by atoms with Gasteiger partial charge in [-0.2, -0.15) is 8.42 Å². The van der Waals surface area contributed by atoms with Gasteiger partial charge >= 0.3 is 0 Å². The molecule has 2 heterocycles. The summed E-state index contributed by atoms with van der Waals surface area (Å²) in [5, 5.41) is -0.164. The van der Waals surface area contributed by atoms with Gasteiger partial charge in [0.05, 0.1) is 23.9 Å². The number of imidazole rings is 1. The van der Waals surface area contributed by atoms with Crippen LogP contribution in [0, 0.1) is 0 Å². The first-order chi connectivity index (χ1) is 9.33. The monoisotopic (exact) mass is 315 g/mol. The van der Waals surface area contributed by atoms with Gasteiger partial charge in [-0.05, 0) is 6.07 Å². The first-order valence-corrected chi connectivity index (χ1v) is 7.50. The summed E-state index contributed by atoms with van der Waals surface area (Å²) in [6.45, 7) is 0. The van der Waals surface area contributed by atoms with Crippen LogP contribution in [0.3, 0.4) is 0 Å². The zero-order chi connectivity index (χ0) is 14.9. The lowest BCUT2D eigenvalue weighted by Gasteiger charge is -2.17. The van der Waals surface area contributed by atoms with E-state index in [0.717, 1.165) is 0 Å². The molecule has 9 heteroatoms. The standard InChI is InChI=1S/C11H14ClN5O2S/c1-16(2)9-4-5-13-6-8(9)15-20(18,19)11-10(12)17(3)7-14-11/h4-7,15H,1-3H3. The second kappa shape index (κ2) is 5.29. The van der Waals surface area contributed by atoms with Crippen molar-refractivity contribution in [1.82, 2.24) is 14.5 Å². The highest BCUT2D eigenvalue weighted by atomic mass is 35.5. The van der Waals surface area contributed by atoms with E-state index in [-0.39, 0.29) is 10.2 Å².